The number of nitrogens with zero attached hydrogens (tertiary/aromatic N) is 1. The van der Waals surface area contributed by atoms with Crippen molar-refractivity contribution < 1.29 is 8.78 Å². The summed E-state index contributed by atoms with van der Waals surface area (Å²) in [7, 11) is 3.23. The number of rotatable bonds is 2. The molecule has 0 aliphatic carbocycles. The van der Waals surface area contributed by atoms with E-state index in [9.17, 15) is 8.78 Å². The van der Waals surface area contributed by atoms with Crippen LogP contribution in [0.5, 0.6) is 0 Å². The molecule has 0 spiro atoms. The molecule has 0 N–H and O–H groups in total. The van der Waals surface area contributed by atoms with E-state index in [2.05, 4.69) is 0 Å². The summed E-state index contributed by atoms with van der Waals surface area (Å²) in [4.78, 5) is 1.45. The summed E-state index contributed by atoms with van der Waals surface area (Å²) >= 11 is 0. The van der Waals surface area contributed by atoms with Gasteiger partial charge in [0.1, 0.15) is 0 Å². The van der Waals surface area contributed by atoms with Crippen LogP contribution >= 0.6 is 0 Å². The molecule has 0 heterocycles. The minimum absolute atomic E-state index is 0.139. The Labute approximate surface area is 69.4 Å². The van der Waals surface area contributed by atoms with Crippen molar-refractivity contribution >= 4 is 0 Å². The molecule has 0 aliphatic heterocycles. The van der Waals surface area contributed by atoms with Crippen LogP contribution in [-0.2, 0) is 0 Å². The normalized spacial score (nSPS) is 8.18. The fraction of sp³-hybridized carbons (Fsp3) is 1.00. The van der Waals surface area contributed by atoms with Gasteiger partial charge in [-0.05, 0) is 14.1 Å². The molecule has 0 amide bonds. The van der Waals surface area contributed by atoms with Gasteiger partial charge in [-0.2, -0.15) is 0 Å². The minimum atomic E-state index is -2.20. The van der Waals surface area contributed by atoms with Gasteiger partial charge in [0, 0.05) is 0 Å². The molecule has 0 aromatic carbocycles. The first-order valence-electron chi connectivity index (χ1n) is 4.06. The summed E-state index contributed by atoms with van der Waals surface area (Å²) in [5.74, 6) is 0. The van der Waals surface area contributed by atoms with Crippen LogP contribution in [0.4, 0.5) is 8.78 Å². The summed E-state index contributed by atoms with van der Waals surface area (Å²) in [5.41, 5.74) is 0. The quantitative estimate of drug-likeness (QED) is 0.614. The van der Waals surface area contributed by atoms with Gasteiger partial charge in [-0.25, -0.2) is 8.78 Å². The fourth-order valence-corrected chi connectivity index (χ4v) is 0.276. The standard InChI is InChI=1S/C4H9F2N.2C2H6/c1-7(2)3-4(5)6;2*1-2/h4H,3H2,1-2H3;2*1-2H3. The smallest absolute Gasteiger partial charge is 0.251 e. The maximum Gasteiger partial charge on any atom is 0.251 e. The van der Waals surface area contributed by atoms with E-state index in [1.807, 2.05) is 27.7 Å². The van der Waals surface area contributed by atoms with Crippen LogP contribution in [0.15, 0.2) is 0 Å². The molecular weight excluding hydrogens is 148 g/mol. The van der Waals surface area contributed by atoms with Crippen LogP contribution in [0.1, 0.15) is 27.7 Å². The van der Waals surface area contributed by atoms with E-state index in [0.29, 0.717) is 0 Å². The molecule has 0 atom stereocenters. The summed E-state index contributed by atoms with van der Waals surface area (Å²) < 4.78 is 22.5. The van der Waals surface area contributed by atoms with E-state index in [1.165, 1.54) is 4.90 Å². The molecule has 0 rings (SSSR count). The maximum absolute atomic E-state index is 11.2. The predicted molar refractivity (Wildman–Crippen MR) is 47.3 cm³/mol. The molecule has 0 aliphatic rings. The van der Waals surface area contributed by atoms with E-state index in [-0.39, 0.29) is 6.54 Å². The Morgan fingerprint density at radius 2 is 1.27 bits per heavy atom. The molecule has 0 bridgehead atoms. The summed E-state index contributed by atoms with van der Waals surface area (Å²) in [5, 5.41) is 0. The van der Waals surface area contributed by atoms with Crippen LogP contribution in [-0.4, -0.2) is 32.0 Å². The average molecular weight is 169 g/mol. The van der Waals surface area contributed by atoms with Crippen molar-refractivity contribution in [1.29, 1.82) is 0 Å². The molecule has 1 nitrogen and oxygen atoms in total. The van der Waals surface area contributed by atoms with Gasteiger partial charge in [0.2, 0.25) is 0 Å². The largest absolute Gasteiger partial charge is 0.304 e. The zero-order valence-electron chi connectivity index (χ0n) is 8.49. The molecule has 0 saturated heterocycles. The first-order chi connectivity index (χ1) is 5.13. The van der Waals surface area contributed by atoms with Crippen LogP contribution in [0.3, 0.4) is 0 Å². The highest BCUT2D eigenvalue weighted by molar-refractivity contribution is 4.42. The number of halogens is 2. The lowest BCUT2D eigenvalue weighted by atomic mass is 10.6. The van der Waals surface area contributed by atoms with Crippen LogP contribution in [0.2, 0.25) is 0 Å². The summed E-state index contributed by atoms with van der Waals surface area (Å²) in [6.45, 7) is 7.86. The number of hydrogen-bond donors (Lipinski definition) is 0. The Morgan fingerprint density at radius 3 is 1.27 bits per heavy atom. The SMILES string of the molecule is CC.CC.CN(C)CC(F)F. The van der Waals surface area contributed by atoms with Gasteiger partial charge >= 0.3 is 0 Å². The molecule has 0 aromatic heterocycles. The maximum atomic E-state index is 11.2. The van der Waals surface area contributed by atoms with Gasteiger partial charge < -0.3 is 4.90 Å². The molecular formula is C8H21F2N. The van der Waals surface area contributed by atoms with Gasteiger partial charge in [0.15, 0.2) is 0 Å². The Kier molecular flexibility index (Phi) is 25.5. The van der Waals surface area contributed by atoms with Crippen molar-refractivity contribution in [3.63, 3.8) is 0 Å². The van der Waals surface area contributed by atoms with Gasteiger partial charge in [-0.3, -0.25) is 0 Å². The third kappa shape index (κ3) is 41.2. The third-order valence-electron chi connectivity index (χ3n) is 0.503. The second-order valence-corrected chi connectivity index (χ2v) is 1.65. The predicted octanol–water partition coefficient (Wildman–Crippen LogP) is 2.87. The zero-order valence-corrected chi connectivity index (χ0v) is 8.49. The van der Waals surface area contributed by atoms with Crippen molar-refractivity contribution in [1.82, 2.24) is 4.90 Å². The monoisotopic (exact) mass is 169 g/mol. The second-order valence-electron chi connectivity index (χ2n) is 1.65. The van der Waals surface area contributed by atoms with Crippen LogP contribution in [0.25, 0.3) is 0 Å². The highest BCUT2D eigenvalue weighted by Crippen LogP contribution is 1.91. The molecule has 3 heteroatoms. The van der Waals surface area contributed by atoms with Gasteiger partial charge in [-0.1, -0.05) is 27.7 Å². The Hall–Kier alpha value is -0.180. The average Bonchev–Trinajstić information content (AvgIpc) is 1.93. The number of alkyl halides is 2. The third-order valence-corrected chi connectivity index (χ3v) is 0.503. The van der Waals surface area contributed by atoms with Crippen molar-refractivity contribution in [2.75, 3.05) is 20.6 Å². The first-order valence-corrected chi connectivity index (χ1v) is 4.06. The molecule has 72 valence electrons. The van der Waals surface area contributed by atoms with Gasteiger partial charge in [0.05, 0.1) is 6.54 Å². The van der Waals surface area contributed by atoms with E-state index >= 15 is 0 Å². The Morgan fingerprint density at radius 1 is 1.00 bits per heavy atom. The number of hydrogen-bond acceptors (Lipinski definition) is 1. The van der Waals surface area contributed by atoms with E-state index in [1.54, 1.807) is 14.1 Å². The summed E-state index contributed by atoms with van der Waals surface area (Å²) in [6.07, 6.45) is -2.20. The molecule has 0 fully saturated rings. The molecule has 11 heavy (non-hydrogen) atoms. The van der Waals surface area contributed by atoms with Crippen molar-refractivity contribution in [3.05, 3.63) is 0 Å². The van der Waals surface area contributed by atoms with Crippen LogP contribution < -0.4 is 0 Å². The molecule has 0 saturated carbocycles. The van der Waals surface area contributed by atoms with Crippen LogP contribution in [0, 0.1) is 0 Å². The Bertz CT molecular complexity index is 41.4. The fourth-order valence-electron chi connectivity index (χ4n) is 0.276. The van der Waals surface area contributed by atoms with Gasteiger partial charge in [-0.15, -0.1) is 0 Å². The van der Waals surface area contributed by atoms with Crippen molar-refractivity contribution in [3.8, 4) is 0 Å². The van der Waals surface area contributed by atoms with E-state index in [0.717, 1.165) is 0 Å². The lowest BCUT2D eigenvalue weighted by Crippen LogP contribution is -2.19. The van der Waals surface area contributed by atoms with Gasteiger partial charge in [0.25, 0.3) is 6.43 Å². The summed E-state index contributed by atoms with van der Waals surface area (Å²) in [6, 6.07) is 0. The topological polar surface area (TPSA) is 3.24 Å². The zero-order chi connectivity index (χ0) is 9.86. The Balaban J connectivity index is -0.000000138. The molecule has 0 aromatic rings. The minimum Gasteiger partial charge on any atom is -0.304 e. The van der Waals surface area contributed by atoms with E-state index < -0.39 is 6.43 Å². The molecule has 0 unspecified atom stereocenters. The van der Waals surface area contributed by atoms with Crippen molar-refractivity contribution in [2.24, 2.45) is 0 Å². The highest BCUT2D eigenvalue weighted by Gasteiger charge is 2.00. The molecule has 0 radical (unpaired) electrons. The first kappa shape index (κ1) is 17.1. The van der Waals surface area contributed by atoms with E-state index in [4.69, 9.17) is 0 Å². The lowest BCUT2D eigenvalue weighted by Gasteiger charge is -2.05. The lowest BCUT2D eigenvalue weighted by molar-refractivity contribution is 0.111. The van der Waals surface area contributed by atoms with Crippen molar-refractivity contribution in [2.45, 2.75) is 34.1 Å². The second kappa shape index (κ2) is 16.4. The highest BCUT2D eigenvalue weighted by atomic mass is 19.3.